The number of carboxylic acids is 1. The van der Waals surface area contributed by atoms with Gasteiger partial charge in [-0.25, -0.2) is 10.6 Å². The fourth-order valence-electron chi connectivity index (χ4n) is 1.47. The highest BCUT2D eigenvalue weighted by Gasteiger charge is 2.14. The van der Waals surface area contributed by atoms with E-state index in [1.165, 1.54) is 6.08 Å². The average Bonchev–Trinajstić information content (AvgIpc) is 2.51. The standard InChI is InChI=1S/C10H13N3O3/c1-5-7(3-4-8(14)15)6(2)12-9(5)10(16)13-11/h3-4,12H,11H2,1-2H3,(H,13,16)(H,14,15)/b4-3+. The van der Waals surface area contributed by atoms with E-state index < -0.39 is 11.9 Å². The Balaban J connectivity index is 3.17. The van der Waals surface area contributed by atoms with Crippen LogP contribution < -0.4 is 11.3 Å². The largest absolute Gasteiger partial charge is 0.478 e. The first-order valence-corrected chi connectivity index (χ1v) is 4.58. The quantitative estimate of drug-likeness (QED) is 0.256. The van der Waals surface area contributed by atoms with E-state index >= 15 is 0 Å². The monoisotopic (exact) mass is 223 g/mol. The number of hydrogen-bond acceptors (Lipinski definition) is 3. The second-order valence-corrected chi connectivity index (χ2v) is 3.31. The van der Waals surface area contributed by atoms with E-state index in [0.29, 0.717) is 22.5 Å². The molecule has 0 atom stereocenters. The van der Waals surface area contributed by atoms with Crippen molar-refractivity contribution in [2.24, 2.45) is 5.84 Å². The van der Waals surface area contributed by atoms with E-state index in [-0.39, 0.29) is 0 Å². The van der Waals surface area contributed by atoms with Gasteiger partial charge in [0.05, 0.1) is 0 Å². The lowest BCUT2D eigenvalue weighted by Crippen LogP contribution is -2.30. The molecule has 1 aromatic heterocycles. The maximum atomic E-state index is 11.3. The van der Waals surface area contributed by atoms with Crippen molar-refractivity contribution >= 4 is 18.0 Å². The molecule has 0 aromatic carbocycles. The van der Waals surface area contributed by atoms with Gasteiger partial charge in [0.15, 0.2) is 0 Å². The molecule has 1 heterocycles. The summed E-state index contributed by atoms with van der Waals surface area (Å²) in [4.78, 5) is 24.6. The number of aromatic amines is 1. The molecule has 0 spiro atoms. The Kier molecular flexibility index (Phi) is 3.47. The first kappa shape index (κ1) is 12.0. The van der Waals surface area contributed by atoms with Crippen molar-refractivity contribution in [3.63, 3.8) is 0 Å². The Morgan fingerprint density at radius 1 is 1.44 bits per heavy atom. The van der Waals surface area contributed by atoms with E-state index in [4.69, 9.17) is 10.9 Å². The first-order chi connectivity index (χ1) is 7.47. The molecule has 0 saturated carbocycles. The summed E-state index contributed by atoms with van der Waals surface area (Å²) in [5.74, 6) is 3.55. The summed E-state index contributed by atoms with van der Waals surface area (Å²) in [6.45, 7) is 3.47. The zero-order valence-electron chi connectivity index (χ0n) is 9.00. The summed E-state index contributed by atoms with van der Waals surface area (Å²) in [6.07, 6.45) is 2.46. The average molecular weight is 223 g/mol. The summed E-state index contributed by atoms with van der Waals surface area (Å²) in [7, 11) is 0. The molecule has 5 N–H and O–H groups in total. The first-order valence-electron chi connectivity index (χ1n) is 4.58. The van der Waals surface area contributed by atoms with Crippen LogP contribution in [0.1, 0.15) is 27.3 Å². The van der Waals surface area contributed by atoms with Crippen LogP contribution in [0.2, 0.25) is 0 Å². The molecule has 0 saturated heterocycles. The molecule has 1 amide bonds. The molecule has 0 aliphatic rings. The molecular weight excluding hydrogens is 210 g/mol. The molecule has 6 nitrogen and oxygen atoms in total. The van der Waals surface area contributed by atoms with Crippen molar-refractivity contribution in [3.8, 4) is 0 Å². The number of rotatable bonds is 3. The minimum atomic E-state index is -1.04. The molecular formula is C10H13N3O3. The van der Waals surface area contributed by atoms with Crippen LogP contribution in [0.3, 0.4) is 0 Å². The third-order valence-corrected chi connectivity index (χ3v) is 2.25. The smallest absolute Gasteiger partial charge is 0.328 e. The number of carboxylic acid groups (broad SMARTS) is 1. The van der Waals surface area contributed by atoms with Crippen LogP contribution in [-0.4, -0.2) is 22.0 Å². The van der Waals surface area contributed by atoms with E-state index in [1.807, 2.05) is 5.43 Å². The van der Waals surface area contributed by atoms with Crippen molar-refractivity contribution in [1.29, 1.82) is 0 Å². The lowest BCUT2D eigenvalue weighted by atomic mass is 10.1. The molecule has 6 heteroatoms. The van der Waals surface area contributed by atoms with Crippen LogP contribution in [0.25, 0.3) is 6.08 Å². The third-order valence-electron chi connectivity index (χ3n) is 2.25. The summed E-state index contributed by atoms with van der Waals surface area (Å²) >= 11 is 0. The van der Waals surface area contributed by atoms with Gasteiger partial charge in [0.2, 0.25) is 0 Å². The summed E-state index contributed by atoms with van der Waals surface area (Å²) in [5.41, 5.74) is 4.42. The molecule has 0 bridgehead atoms. The van der Waals surface area contributed by atoms with Gasteiger partial charge in [-0.1, -0.05) is 0 Å². The second-order valence-electron chi connectivity index (χ2n) is 3.31. The predicted molar refractivity (Wildman–Crippen MR) is 58.6 cm³/mol. The van der Waals surface area contributed by atoms with Crippen LogP contribution >= 0.6 is 0 Å². The summed E-state index contributed by atoms with van der Waals surface area (Å²) in [5, 5.41) is 8.52. The van der Waals surface area contributed by atoms with Crippen LogP contribution in [0, 0.1) is 13.8 Å². The van der Waals surface area contributed by atoms with Crippen molar-refractivity contribution in [2.45, 2.75) is 13.8 Å². The number of carbonyl (C=O) groups excluding carboxylic acids is 1. The number of hydrazine groups is 1. The number of aliphatic carboxylic acids is 1. The summed E-state index contributed by atoms with van der Waals surface area (Å²) < 4.78 is 0. The Hall–Kier alpha value is -2.08. The molecule has 0 unspecified atom stereocenters. The second kappa shape index (κ2) is 4.63. The van der Waals surface area contributed by atoms with E-state index in [0.717, 1.165) is 6.08 Å². The van der Waals surface area contributed by atoms with Crippen LogP contribution in [0.15, 0.2) is 6.08 Å². The molecule has 0 aliphatic heterocycles. The number of aryl methyl sites for hydroxylation is 1. The number of H-pyrrole nitrogens is 1. The zero-order chi connectivity index (χ0) is 12.3. The van der Waals surface area contributed by atoms with Crippen molar-refractivity contribution in [1.82, 2.24) is 10.4 Å². The Morgan fingerprint density at radius 2 is 2.06 bits per heavy atom. The van der Waals surface area contributed by atoms with Crippen molar-refractivity contribution in [2.75, 3.05) is 0 Å². The number of aromatic nitrogens is 1. The number of amides is 1. The fraction of sp³-hybridized carbons (Fsp3) is 0.200. The number of nitrogen functional groups attached to an aromatic ring is 1. The van der Waals surface area contributed by atoms with Crippen molar-refractivity contribution < 1.29 is 14.7 Å². The van der Waals surface area contributed by atoms with Gasteiger partial charge < -0.3 is 10.1 Å². The predicted octanol–water partition coefficient (Wildman–Crippen LogP) is 0.333. The maximum absolute atomic E-state index is 11.3. The molecule has 86 valence electrons. The number of nitrogens with two attached hydrogens (primary N) is 1. The van der Waals surface area contributed by atoms with Gasteiger partial charge in [0.25, 0.3) is 5.91 Å². The van der Waals surface area contributed by atoms with Crippen LogP contribution in [0.5, 0.6) is 0 Å². The number of carbonyl (C=O) groups is 2. The SMILES string of the molecule is Cc1[nH]c(C(=O)NN)c(C)c1/C=C/C(=O)O. The van der Waals surface area contributed by atoms with Gasteiger partial charge in [-0.2, -0.15) is 0 Å². The topological polar surface area (TPSA) is 108 Å². The maximum Gasteiger partial charge on any atom is 0.328 e. The fourth-order valence-corrected chi connectivity index (χ4v) is 1.47. The van der Waals surface area contributed by atoms with Crippen molar-refractivity contribution in [3.05, 3.63) is 28.6 Å². The van der Waals surface area contributed by atoms with Gasteiger partial charge in [0, 0.05) is 11.8 Å². The zero-order valence-corrected chi connectivity index (χ0v) is 9.00. The Bertz CT molecular complexity index is 460. The molecule has 1 rings (SSSR count). The van der Waals surface area contributed by atoms with Gasteiger partial charge in [0.1, 0.15) is 5.69 Å². The molecule has 0 fully saturated rings. The minimum Gasteiger partial charge on any atom is -0.478 e. The van der Waals surface area contributed by atoms with E-state index in [2.05, 4.69) is 4.98 Å². The highest BCUT2D eigenvalue weighted by Crippen LogP contribution is 2.19. The number of nitrogens with one attached hydrogen (secondary N) is 2. The van der Waals surface area contributed by atoms with Gasteiger partial charge in [-0.05, 0) is 31.1 Å². The van der Waals surface area contributed by atoms with E-state index in [1.54, 1.807) is 13.8 Å². The van der Waals surface area contributed by atoms with E-state index in [9.17, 15) is 9.59 Å². The molecule has 0 aliphatic carbocycles. The van der Waals surface area contributed by atoms with Gasteiger partial charge >= 0.3 is 5.97 Å². The Morgan fingerprint density at radius 3 is 2.56 bits per heavy atom. The lowest BCUT2D eigenvalue weighted by molar-refractivity contribution is -0.131. The number of hydrogen-bond donors (Lipinski definition) is 4. The summed E-state index contributed by atoms with van der Waals surface area (Å²) in [6, 6.07) is 0. The third kappa shape index (κ3) is 2.29. The normalized spacial score (nSPS) is 10.7. The minimum absolute atomic E-state index is 0.338. The molecule has 16 heavy (non-hydrogen) atoms. The van der Waals surface area contributed by atoms with Gasteiger partial charge in [-0.15, -0.1) is 0 Å². The molecule has 0 radical (unpaired) electrons. The highest BCUT2D eigenvalue weighted by molar-refractivity contribution is 5.95. The van der Waals surface area contributed by atoms with Crippen LogP contribution in [-0.2, 0) is 4.79 Å². The molecule has 1 aromatic rings. The Labute approximate surface area is 92.1 Å². The lowest BCUT2D eigenvalue weighted by Gasteiger charge is -1.97. The van der Waals surface area contributed by atoms with Gasteiger partial charge in [-0.3, -0.25) is 10.2 Å². The van der Waals surface area contributed by atoms with Crippen LogP contribution in [0.4, 0.5) is 0 Å². The highest BCUT2D eigenvalue weighted by atomic mass is 16.4.